The first kappa shape index (κ1) is 19.5. The minimum atomic E-state index is -0.590. The van der Waals surface area contributed by atoms with Crippen LogP contribution >= 0.6 is 0 Å². The molecule has 1 aliphatic carbocycles. The minimum absolute atomic E-state index is 0.0712. The third-order valence-corrected chi connectivity index (χ3v) is 6.00. The predicted octanol–water partition coefficient (Wildman–Crippen LogP) is 4.23. The molecular formula is C24H28N2O3. The fourth-order valence-corrected chi connectivity index (χ4v) is 4.49. The van der Waals surface area contributed by atoms with Crippen molar-refractivity contribution >= 4 is 11.8 Å². The molecule has 0 aromatic heterocycles. The van der Waals surface area contributed by atoms with Crippen LogP contribution in [0.1, 0.15) is 66.1 Å². The molecule has 4 rings (SSSR count). The van der Waals surface area contributed by atoms with E-state index in [1.54, 1.807) is 12.0 Å². The van der Waals surface area contributed by atoms with E-state index in [0.29, 0.717) is 12.1 Å². The smallest absolute Gasteiger partial charge is 0.255 e. The molecule has 0 radical (unpaired) electrons. The van der Waals surface area contributed by atoms with E-state index in [-0.39, 0.29) is 17.9 Å². The Morgan fingerprint density at radius 3 is 2.59 bits per heavy atom. The van der Waals surface area contributed by atoms with E-state index >= 15 is 0 Å². The lowest BCUT2D eigenvalue weighted by atomic mass is 10.0. The Morgan fingerprint density at radius 2 is 1.83 bits per heavy atom. The molecule has 0 bridgehead atoms. The van der Waals surface area contributed by atoms with Gasteiger partial charge in [0.1, 0.15) is 11.8 Å². The van der Waals surface area contributed by atoms with Crippen LogP contribution in [-0.2, 0) is 11.3 Å². The number of ether oxygens (including phenoxy) is 1. The largest absolute Gasteiger partial charge is 0.497 e. The predicted molar refractivity (Wildman–Crippen MR) is 112 cm³/mol. The van der Waals surface area contributed by atoms with Crippen LogP contribution in [0.3, 0.4) is 0 Å². The van der Waals surface area contributed by atoms with Gasteiger partial charge >= 0.3 is 0 Å². The number of nitrogens with zero attached hydrogens (tertiary/aromatic N) is 1. The molecule has 2 aromatic carbocycles. The number of methoxy groups -OCH3 is 1. The molecule has 1 saturated carbocycles. The van der Waals surface area contributed by atoms with E-state index in [4.69, 9.17) is 4.74 Å². The molecule has 1 unspecified atom stereocenters. The second-order valence-corrected chi connectivity index (χ2v) is 7.97. The molecule has 1 fully saturated rings. The summed E-state index contributed by atoms with van der Waals surface area (Å²) in [6.45, 7) is 0.369. The maximum absolute atomic E-state index is 13.3. The van der Waals surface area contributed by atoms with Gasteiger partial charge in [-0.2, -0.15) is 0 Å². The highest BCUT2D eigenvalue weighted by molar-refractivity contribution is 6.04. The number of carbonyl (C=O) groups excluding carboxylic acids is 2. The second kappa shape index (κ2) is 8.68. The highest BCUT2D eigenvalue weighted by Gasteiger charge is 2.41. The Bertz CT molecular complexity index is 887. The molecule has 1 heterocycles. The molecule has 1 atom stereocenters. The van der Waals surface area contributed by atoms with Gasteiger partial charge in [0.15, 0.2) is 0 Å². The Morgan fingerprint density at radius 1 is 1.07 bits per heavy atom. The summed E-state index contributed by atoms with van der Waals surface area (Å²) in [7, 11) is 1.62. The molecule has 1 aliphatic heterocycles. The lowest BCUT2D eigenvalue weighted by Crippen LogP contribution is -2.43. The Kier molecular flexibility index (Phi) is 5.84. The maximum Gasteiger partial charge on any atom is 0.255 e. The van der Waals surface area contributed by atoms with Gasteiger partial charge in [0.05, 0.1) is 7.11 Å². The summed E-state index contributed by atoms with van der Waals surface area (Å²) in [6.07, 6.45) is 6.81. The van der Waals surface area contributed by atoms with Gasteiger partial charge in [-0.3, -0.25) is 9.59 Å². The van der Waals surface area contributed by atoms with Gasteiger partial charge in [-0.25, -0.2) is 0 Å². The van der Waals surface area contributed by atoms with E-state index in [1.165, 1.54) is 12.8 Å². The van der Waals surface area contributed by atoms with Gasteiger partial charge in [0, 0.05) is 18.2 Å². The van der Waals surface area contributed by atoms with E-state index in [1.807, 2.05) is 48.5 Å². The van der Waals surface area contributed by atoms with Crippen LogP contribution in [0.25, 0.3) is 0 Å². The van der Waals surface area contributed by atoms with E-state index in [9.17, 15) is 9.59 Å². The fraction of sp³-hybridized carbons (Fsp3) is 0.417. The molecule has 152 valence electrons. The van der Waals surface area contributed by atoms with Crippen molar-refractivity contribution in [2.24, 2.45) is 0 Å². The summed E-state index contributed by atoms with van der Waals surface area (Å²) in [5.74, 6) is 0.577. The lowest BCUT2D eigenvalue weighted by molar-refractivity contribution is -0.126. The monoisotopic (exact) mass is 392 g/mol. The first-order valence-electron chi connectivity index (χ1n) is 10.5. The molecule has 0 saturated heterocycles. The number of nitrogens with one attached hydrogen (secondary N) is 1. The zero-order valence-electron chi connectivity index (χ0n) is 16.9. The average Bonchev–Trinajstić information content (AvgIpc) is 2.89. The fourth-order valence-electron chi connectivity index (χ4n) is 4.49. The second-order valence-electron chi connectivity index (χ2n) is 7.97. The van der Waals surface area contributed by atoms with Crippen LogP contribution in [0.2, 0.25) is 0 Å². The molecule has 5 heteroatoms. The van der Waals surface area contributed by atoms with Crippen LogP contribution in [0, 0.1) is 0 Å². The van der Waals surface area contributed by atoms with Gasteiger partial charge < -0.3 is 15.0 Å². The Hall–Kier alpha value is -2.82. The van der Waals surface area contributed by atoms with Gasteiger partial charge in [-0.1, -0.05) is 56.0 Å². The zero-order valence-corrected chi connectivity index (χ0v) is 16.9. The van der Waals surface area contributed by atoms with E-state index in [0.717, 1.165) is 42.6 Å². The van der Waals surface area contributed by atoms with Crippen LogP contribution in [-0.4, -0.2) is 29.9 Å². The standard InChI is InChI=1S/C24H28N2O3/c1-29-19-12-8-9-17(15-19)16-26-22(20-13-6-7-14-21(20)24(26)28)23(27)25-18-10-4-2-3-5-11-18/h6-9,12-15,18,22H,2-5,10-11,16H2,1H3,(H,25,27). The highest BCUT2D eigenvalue weighted by atomic mass is 16.5. The van der Waals surface area contributed by atoms with Crippen molar-refractivity contribution in [1.82, 2.24) is 10.2 Å². The number of carbonyl (C=O) groups is 2. The van der Waals surface area contributed by atoms with Gasteiger partial charge in [-0.05, 0) is 42.2 Å². The topological polar surface area (TPSA) is 58.6 Å². The molecule has 2 amide bonds. The minimum Gasteiger partial charge on any atom is -0.497 e. The normalized spacial score (nSPS) is 19.6. The summed E-state index contributed by atoms with van der Waals surface area (Å²) >= 11 is 0. The summed E-state index contributed by atoms with van der Waals surface area (Å²) in [5, 5.41) is 3.24. The van der Waals surface area contributed by atoms with Crippen LogP contribution in [0.15, 0.2) is 48.5 Å². The van der Waals surface area contributed by atoms with Gasteiger partial charge in [-0.15, -0.1) is 0 Å². The molecule has 0 spiro atoms. The van der Waals surface area contributed by atoms with E-state index in [2.05, 4.69) is 5.32 Å². The van der Waals surface area contributed by atoms with E-state index < -0.39 is 6.04 Å². The third-order valence-electron chi connectivity index (χ3n) is 6.00. The van der Waals surface area contributed by atoms with Crippen molar-refractivity contribution < 1.29 is 14.3 Å². The molecule has 5 nitrogen and oxygen atoms in total. The third kappa shape index (κ3) is 4.14. The highest BCUT2D eigenvalue weighted by Crippen LogP contribution is 2.35. The number of fused-ring (bicyclic) bond motifs is 1. The number of hydrogen-bond donors (Lipinski definition) is 1. The van der Waals surface area contributed by atoms with Crippen molar-refractivity contribution in [3.05, 3.63) is 65.2 Å². The van der Waals surface area contributed by atoms with Crippen LogP contribution < -0.4 is 10.1 Å². The van der Waals surface area contributed by atoms with Crippen molar-refractivity contribution in [1.29, 1.82) is 0 Å². The number of benzene rings is 2. The number of hydrogen-bond acceptors (Lipinski definition) is 3. The van der Waals surface area contributed by atoms with Crippen molar-refractivity contribution in [2.75, 3.05) is 7.11 Å². The number of rotatable bonds is 5. The molecule has 2 aromatic rings. The zero-order chi connectivity index (χ0) is 20.2. The molecule has 2 aliphatic rings. The van der Waals surface area contributed by atoms with Gasteiger partial charge in [0.2, 0.25) is 5.91 Å². The van der Waals surface area contributed by atoms with Crippen molar-refractivity contribution in [2.45, 2.75) is 57.2 Å². The summed E-state index contributed by atoms with van der Waals surface area (Å²) in [5.41, 5.74) is 2.36. The number of amides is 2. The Labute approximate surface area is 172 Å². The Balaban J connectivity index is 1.60. The van der Waals surface area contributed by atoms with Crippen molar-refractivity contribution in [3.8, 4) is 5.75 Å². The quantitative estimate of drug-likeness (QED) is 0.775. The van der Waals surface area contributed by atoms with Crippen LogP contribution in [0.4, 0.5) is 0 Å². The molecular weight excluding hydrogens is 364 g/mol. The summed E-state index contributed by atoms with van der Waals surface area (Å²) in [4.78, 5) is 28.1. The lowest BCUT2D eigenvalue weighted by Gasteiger charge is -2.27. The SMILES string of the molecule is COc1cccc(CN2C(=O)c3ccccc3C2C(=O)NC2CCCCCC2)c1. The molecule has 1 N–H and O–H groups in total. The summed E-state index contributed by atoms with van der Waals surface area (Å²) < 4.78 is 5.31. The van der Waals surface area contributed by atoms with Crippen molar-refractivity contribution in [3.63, 3.8) is 0 Å². The first-order chi connectivity index (χ1) is 14.2. The van der Waals surface area contributed by atoms with Crippen LogP contribution in [0.5, 0.6) is 5.75 Å². The average molecular weight is 392 g/mol. The first-order valence-corrected chi connectivity index (χ1v) is 10.5. The molecule has 29 heavy (non-hydrogen) atoms. The van der Waals surface area contributed by atoms with Gasteiger partial charge in [0.25, 0.3) is 5.91 Å². The maximum atomic E-state index is 13.3. The summed E-state index contributed by atoms with van der Waals surface area (Å²) in [6, 6.07) is 14.7.